The summed E-state index contributed by atoms with van der Waals surface area (Å²) in [5, 5.41) is 7.71. The van der Waals surface area contributed by atoms with Crippen LogP contribution in [0.2, 0.25) is 0 Å². The van der Waals surface area contributed by atoms with Crippen molar-refractivity contribution in [2.75, 3.05) is 5.32 Å². The fourth-order valence-corrected chi connectivity index (χ4v) is 3.14. The van der Waals surface area contributed by atoms with E-state index in [1.165, 1.54) is 18.3 Å². The van der Waals surface area contributed by atoms with Gasteiger partial charge in [-0.3, -0.25) is 9.59 Å². The average molecular weight is 281 g/mol. The first-order chi connectivity index (χ1) is 8.85. The first-order valence-electron chi connectivity index (χ1n) is 6.40. The van der Waals surface area contributed by atoms with Crippen LogP contribution in [0.15, 0.2) is 5.38 Å². The summed E-state index contributed by atoms with van der Waals surface area (Å²) in [4.78, 5) is 27.0. The lowest BCUT2D eigenvalue weighted by atomic mass is 9.92. The third-order valence-electron chi connectivity index (χ3n) is 3.32. The highest BCUT2D eigenvalue weighted by Crippen LogP contribution is 2.37. The van der Waals surface area contributed by atoms with E-state index in [1.54, 1.807) is 5.38 Å². The standard InChI is InChI=1S/C13H19N3O2S/c1-8(17)14-12-16-10(7-19-12)11(18)15-9-4-5-13(2,3)6-9/h7,9H,4-6H2,1-3H3,(H,15,18)(H,14,16,17). The second kappa shape index (κ2) is 5.28. The van der Waals surface area contributed by atoms with Crippen LogP contribution in [0.4, 0.5) is 5.13 Å². The molecule has 0 saturated heterocycles. The maximum absolute atomic E-state index is 12.0. The number of thiazole rings is 1. The van der Waals surface area contributed by atoms with Crippen LogP contribution in [0.5, 0.6) is 0 Å². The van der Waals surface area contributed by atoms with Gasteiger partial charge in [-0.2, -0.15) is 0 Å². The Hall–Kier alpha value is -1.43. The Labute approximate surface area is 116 Å². The van der Waals surface area contributed by atoms with Crippen molar-refractivity contribution < 1.29 is 9.59 Å². The van der Waals surface area contributed by atoms with Crippen LogP contribution in [-0.4, -0.2) is 22.8 Å². The van der Waals surface area contributed by atoms with Crippen molar-refractivity contribution in [2.45, 2.75) is 46.1 Å². The Morgan fingerprint density at radius 2 is 2.21 bits per heavy atom. The second-order valence-electron chi connectivity index (χ2n) is 5.80. The molecule has 1 fully saturated rings. The smallest absolute Gasteiger partial charge is 0.271 e. The van der Waals surface area contributed by atoms with Gasteiger partial charge in [-0.15, -0.1) is 11.3 Å². The molecular formula is C13H19N3O2S. The summed E-state index contributed by atoms with van der Waals surface area (Å²) in [7, 11) is 0. The third-order valence-corrected chi connectivity index (χ3v) is 4.08. The fraction of sp³-hybridized carbons (Fsp3) is 0.615. The van der Waals surface area contributed by atoms with E-state index in [9.17, 15) is 9.59 Å². The Morgan fingerprint density at radius 3 is 2.79 bits per heavy atom. The molecular weight excluding hydrogens is 262 g/mol. The third kappa shape index (κ3) is 3.76. The van der Waals surface area contributed by atoms with Crippen LogP contribution in [0, 0.1) is 5.41 Å². The molecule has 19 heavy (non-hydrogen) atoms. The number of nitrogens with one attached hydrogen (secondary N) is 2. The fourth-order valence-electron chi connectivity index (χ4n) is 2.40. The minimum atomic E-state index is -0.182. The molecule has 1 saturated carbocycles. The zero-order valence-corrected chi connectivity index (χ0v) is 12.3. The normalized spacial score (nSPS) is 21.1. The van der Waals surface area contributed by atoms with Gasteiger partial charge in [0.1, 0.15) is 5.69 Å². The molecule has 1 aromatic heterocycles. The molecule has 6 heteroatoms. The molecule has 0 aromatic carbocycles. The number of rotatable bonds is 3. The highest BCUT2D eigenvalue weighted by atomic mass is 32.1. The molecule has 5 nitrogen and oxygen atoms in total. The van der Waals surface area contributed by atoms with Crippen molar-refractivity contribution in [1.82, 2.24) is 10.3 Å². The van der Waals surface area contributed by atoms with Crippen LogP contribution in [0.3, 0.4) is 0 Å². The van der Waals surface area contributed by atoms with E-state index in [1.807, 2.05) is 0 Å². The first-order valence-corrected chi connectivity index (χ1v) is 7.28. The molecule has 2 rings (SSSR count). The maximum Gasteiger partial charge on any atom is 0.271 e. The van der Waals surface area contributed by atoms with Gasteiger partial charge in [0, 0.05) is 18.3 Å². The lowest BCUT2D eigenvalue weighted by molar-refractivity contribution is -0.114. The van der Waals surface area contributed by atoms with Gasteiger partial charge in [-0.05, 0) is 24.7 Å². The number of carbonyl (C=O) groups is 2. The number of carbonyl (C=O) groups excluding carboxylic acids is 2. The first kappa shape index (κ1) is 14.0. The molecule has 1 aliphatic carbocycles. The van der Waals surface area contributed by atoms with Crippen LogP contribution >= 0.6 is 11.3 Å². The van der Waals surface area contributed by atoms with Crippen molar-refractivity contribution >= 4 is 28.3 Å². The van der Waals surface area contributed by atoms with E-state index in [2.05, 4.69) is 29.5 Å². The lowest BCUT2D eigenvalue weighted by Gasteiger charge is -2.17. The van der Waals surface area contributed by atoms with E-state index in [0.29, 0.717) is 16.2 Å². The minimum Gasteiger partial charge on any atom is -0.348 e. The van der Waals surface area contributed by atoms with Gasteiger partial charge in [0.05, 0.1) is 0 Å². The molecule has 2 amide bonds. The Bertz CT molecular complexity index is 496. The van der Waals surface area contributed by atoms with Gasteiger partial charge in [-0.25, -0.2) is 4.98 Å². The van der Waals surface area contributed by atoms with Crippen LogP contribution in [0.1, 0.15) is 50.5 Å². The van der Waals surface area contributed by atoms with E-state index in [4.69, 9.17) is 0 Å². The van der Waals surface area contributed by atoms with Gasteiger partial charge < -0.3 is 10.6 Å². The van der Waals surface area contributed by atoms with Crippen molar-refractivity contribution in [1.29, 1.82) is 0 Å². The predicted molar refractivity (Wildman–Crippen MR) is 75.3 cm³/mol. The summed E-state index contributed by atoms with van der Waals surface area (Å²) in [6.07, 6.45) is 3.15. The van der Waals surface area contributed by atoms with Gasteiger partial charge in [0.2, 0.25) is 5.91 Å². The molecule has 2 N–H and O–H groups in total. The zero-order chi connectivity index (χ0) is 14.0. The minimum absolute atomic E-state index is 0.157. The topological polar surface area (TPSA) is 71.1 Å². The average Bonchev–Trinajstić information content (AvgIpc) is 2.85. The summed E-state index contributed by atoms with van der Waals surface area (Å²) in [6, 6.07) is 0.230. The quantitative estimate of drug-likeness (QED) is 0.893. The number of hydrogen-bond donors (Lipinski definition) is 2. The Balaban J connectivity index is 1.93. The summed E-state index contributed by atoms with van der Waals surface area (Å²) in [6.45, 7) is 5.86. The van der Waals surface area contributed by atoms with E-state index in [0.717, 1.165) is 19.3 Å². The number of hydrogen-bond acceptors (Lipinski definition) is 4. The number of nitrogens with zero attached hydrogens (tertiary/aromatic N) is 1. The van der Waals surface area contributed by atoms with E-state index in [-0.39, 0.29) is 17.9 Å². The molecule has 1 unspecified atom stereocenters. The summed E-state index contributed by atoms with van der Waals surface area (Å²) >= 11 is 1.26. The Morgan fingerprint density at radius 1 is 1.47 bits per heavy atom. The van der Waals surface area contributed by atoms with Crippen LogP contribution in [0.25, 0.3) is 0 Å². The summed E-state index contributed by atoms with van der Waals surface area (Å²) < 4.78 is 0. The number of anilines is 1. The highest BCUT2D eigenvalue weighted by molar-refractivity contribution is 7.14. The Kier molecular flexibility index (Phi) is 3.89. The molecule has 1 aliphatic rings. The highest BCUT2D eigenvalue weighted by Gasteiger charge is 2.32. The van der Waals surface area contributed by atoms with Crippen molar-refractivity contribution in [2.24, 2.45) is 5.41 Å². The summed E-state index contributed by atoms with van der Waals surface area (Å²) in [5.74, 6) is -0.339. The van der Waals surface area contributed by atoms with Gasteiger partial charge in [0.25, 0.3) is 5.91 Å². The van der Waals surface area contributed by atoms with Gasteiger partial charge in [0.15, 0.2) is 5.13 Å². The molecule has 0 radical (unpaired) electrons. The van der Waals surface area contributed by atoms with E-state index < -0.39 is 0 Å². The predicted octanol–water partition coefficient (Wildman–Crippen LogP) is 2.41. The second-order valence-corrected chi connectivity index (χ2v) is 6.65. The molecule has 0 spiro atoms. The number of amides is 2. The largest absolute Gasteiger partial charge is 0.348 e. The summed E-state index contributed by atoms with van der Waals surface area (Å²) in [5.41, 5.74) is 0.680. The zero-order valence-electron chi connectivity index (χ0n) is 11.4. The lowest BCUT2D eigenvalue weighted by Crippen LogP contribution is -2.33. The SMILES string of the molecule is CC(=O)Nc1nc(C(=O)NC2CCC(C)(C)C2)cs1. The molecule has 104 valence electrons. The van der Waals surface area contributed by atoms with E-state index >= 15 is 0 Å². The molecule has 1 heterocycles. The van der Waals surface area contributed by atoms with Crippen molar-refractivity contribution in [3.63, 3.8) is 0 Å². The molecule has 1 atom stereocenters. The molecule has 0 bridgehead atoms. The maximum atomic E-state index is 12.0. The van der Waals surface area contributed by atoms with Crippen LogP contribution < -0.4 is 10.6 Å². The molecule has 0 aliphatic heterocycles. The monoisotopic (exact) mass is 281 g/mol. The van der Waals surface area contributed by atoms with Crippen molar-refractivity contribution in [3.8, 4) is 0 Å². The van der Waals surface area contributed by atoms with Crippen molar-refractivity contribution in [3.05, 3.63) is 11.1 Å². The molecule has 1 aromatic rings. The van der Waals surface area contributed by atoms with Crippen LogP contribution in [-0.2, 0) is 4.79 Å². The van der Waals surface area contributed by atoms with Gasteiger partial charge >= 0.3 is 0 Å². The number of aromatic nitrogens is 1. The van der Waals surface area contributed by atoms with Gasteiger partial charge in [-0.1, -0.05) is 13.8 Å².